The number of benzene rings is 1. The summed E-state index contributed by atoms with van der Waals surface area (Å²) < 4.78 is 4.83. The van der Waals surface area contributed by atoms with Gasteiger partial charge in [0.1, 0.15) is 11.5 Å². The number of aromatic hydroxyl groups is 1. The van der Waals surface area contributed by atoms with Crippen LogP contribution in [0, 0.1) is 6.92 Å². The zero-order valence-corrected chi connectivity index (χ0v) is 12.6. The number of hydrogen-bond acceptors (Lipinski definition) is 6. The van der Waals surface area contributed by atoms with E-state index in [0.29, 0.717) is 17.3 Å². The monoisotopic (exact) mass is 321 g/mol. The third kappa shape index (κ3) is 4.81. The second-order valence-electron chi connectivity index (χ2n) is 4.43. The molecule has 3 N–H and O–H groups in total. The van der Waals surface area contributed by atoms with E-state index in [2.05, 4.69) is 15.8 Å². The summed E-state index contributed by atoms with van der Waals surface area (Å²) in [5.41, 5.74) is 0.343. The molecular formula is C14H15N3O4S. The van der Waals surface area contributed by atoms with E-state index in [1.165, 1.54) is 6.07 Å². The topological polar surface area (TPSA) is 104 Å². The second-order valence-corrected chi connectivity index (χ2v) is 5.41. The minimum Gasteiger partial charge on any atom is -0.506 e. The Kier molecular flexibility index (Phi) is 5.42. The average molecular weight is 321 g/mol. The molecule has 0 fully saturated rings. The molecule has 0 radical (unpaired) electrons. The Hall–Kier alpha value is -2.48. The maximum Gasteiger partial charge on any atom is 0.235 e. The number of aromatic nitrogens is 1. The summed E-state index contributed by atoms with van der Waals surface area (Å²) in [6, 6.07) is 8.05. The Morgan fingerprint density at radius 1 is 1.23 bits per heavy atom. The van der Waals surface area contributed by atoms with E-state index in [4.69, 9.17) is 4.52 Å². The van der Waals surface area contributed by atoms with E-state index in [9.17, 15) is 14.7 Å². The molecule has 0 bridgehead atoms. The van der Waals surface area contributed by atoms with Gasteiger partial charge in [0, 0.05) is 6.07 Å². The highest BCUT2D eigenvalue weighted by atomic mass is 32.2. The number of para-hydroxylation sites is 2. The first-order chi connectivity index (χ1) is 10.5. The fourth-order valence-corrected chi connectivity index (χ4v) is 2.22. The summed E-state index contributed by atoms with van der Waals surface area (Å²) in [5, 5.41) is 18.3. The summed E-state index contributed by atoms with van der Waals surface area (Å²) in [6.07, 6.45) is 0. The summed E-state index contributed by atoms with van der Waals surface area (Å²) in [4.78, 5) is 23.3. The van der Waals surface area contributed by atoms with Crippen LogP contribution >= 0.6 is 11.8 Å². The second kappa shape index (κ2) is 7.51. The molecule has 0 saturated heterocycles. The number of thioether (sulfide) groups is 1. The van der Waals surface area contributed by atoms with Crippen molar-refractivity contribution in [2.45, 2.75) is 6.92 Å². The molecule has 7 nitrogen and oxygen atoms in total. The lowest BCUT2D eigenvalue weighted by Gasteiger charge is -2.06. The third-order valence-electron chi connectivity index (χ3n) is 2.54. The van der Waals surface area contributed by atoms with E-state index in [-0.39, 0.29) is 29.1 Å². The van der Waals surface area contributed by atoms with Gasteiger partial charge in [0.2, 0.25) is 11.8 Å². The summed E-state index contributed by atoms with van der Waals surface area (Å²) >= 11 is 1.16. The average Bonchev–Trinajstić information content (AvgIpc) is 2.86. The Morgan fingerprint density at radius 3 is 2.55 bits per heavy atom. The highest BCUT2D eigenvalue weighted by molar-refractivity contribution is 8.00. The van der Waals surface area contributed by atoms with Gasteiger partial charge < -0.3 is 20.3 Å². The van der Waals surface area contributed by atoms with Crippen LogP contribution in [0.15, 0.2) is 34.9 Å². The molecule has 1 aromatic carbocycles. The molecule has 116 valence electrons. The highest BCUT2D eigenvalue weighted by Gasteiger charge is 2.09. The molecule has 0 aliphatic carbocycles. The number of rotatable bonds is 6. The zero-order chi connectivity index (χ0) is 15.9. The van der Waals surface area contributed by atoms with Crippen LogP contribution in [-0.4, -0.2) is 33.6 Å². The lowest BCUT2D eigenvalue weighted by atomic mass is 10.3. The van der Waals surface area contributed by atoms with Gasteiger partial charge in [-0.2, -0.15) is 0 Å². The number of carbonyl (C=O) groups is 2. The van der Waals surface area contributed by atoms with Crippen LogP contribution in [0.1, 0.15) is 5.76 Å². The predicted octanol–water partition coefficient (Wildman–Crippen LogP) is 2.00. The van der Waals surface area contributed by atoms with Crippen LogP contribution in [0.3, 0.4) is 0 Å². The number of hydrogen-bond donors (Lipinski definition) is 3. The first-order valence-electron chi connectivity index (χ1n) is 6.43. The van der Waals surface area contributed by atoms with E-state index >= 15 is 0 Å². The first kappa shape index (κ1) is 15.9. The maximum atomic E-state index is 11.7. The molecule has 1 aromatic heterocycles. The summed E-state index contributed by atoms with van der Waals surface area (Å²) in [5.74, 6) is 0.594. The molecule has 2 rings (SSSR count). The Balaban J connectivity index is 1.70. The molecule has 0 atom stereocenters. The quantitative estimate of drug-likeness (QED) is 0.703. The van der Waals surface area contributed by atoms with Crippen LogP contribution in [0.5, 0.6) is 5.75 Å². The molecular weight excluding hydrogens is 306 g/mol. The van der Waals surface area contributed by atoms with Crippen LogP contribution in [0.25, 0.3) is 0 Å². The van der Waals surface area contributed by atoms with Gasteiger partial charge in [-0.25, -0.2) is 0 Å². The van der Waals surface area contributed by atoms with E-state index < -0.39 is 0 Å². The van der Waals surface area contributed by atoms with Gasteiger partial charge >= 0.3 is 0 Å². The molecule has 2 aromatic rings. The van der Waals surface area contributed by atoms with Crippen molar-refractivity contribution < 1.29 is 19.2 Å². The van der Waals surface area contributed by atoms with Crippen molar-refractivity contribution in [3.05, 3.63) is 36.1 Å². The Labute approximate surface area is 131 Å². The minimum atomic E-state index is -0.295. The Morgan fingerprint density at radius 2 is 1.91 bits per heavy atom. The first-order valence-corrected chi connectivity index (χ1v) is 7.59. The number of nitrogens with zero attached hydrogens (tertiary/aromatic N) is 1. The SMILES string of the molecule is Cc1cc(NC(=O)CSCC(=O)Nc2ccccc2O)no1. The molecule has 22 heavy (non-hydrogen) atoms. The number of amides is 2. The van der Waals surface area contributed by atoms with Gasteiger partial charge in [0.05, 0.1) is 17.2 Å². The third-order valence-corrected chi connectivity index (χ3v) is 3.47. The maximum absolute atomic E-state index is 11.7. The number of phenols is 1. The van der Waals surface area contributed by atoms with Crippen molar-refractivity contribution >= 4 is 35.1 Å². The van der Waals surface area contributed by atoms with Gasteiger partial charge in [0.25, 0.3) is 0 Å². The molecule has 0 aliphatic heterocycles. The molecule has 0 unspecified atom stereocenters. The molecule has 1 heterocycles. The fourth-order valence-electron chi connectivity index (χ4n) is 1.61. The number of carbonyl (C=O) groups excluding carboxylic acids is 2. The highest BCUT2D eigenvalue weighted by Crippen LogP contribution is 2.21. The van der Waals surface area contributed by atoms with Crippen molar-refractivity contribution in [1.82, 2.24) is 5.16 Å². The van der Waals surface area contributed by atoms with Crippen molar-refractivity contribution in [3.63, 3.8) is 0 Å². The van der Waals surface area contributed by atoms with Gasteiger partial charge in [-0.15, -0.1) is 11.8 Å². The zero-order valence-electron chi connectivity index (χ0n) is 11.8. The van der Waals surface area contributed by atoms with Gasteiger partial charge in [0.15, 0.2) is 5.82 Å². The molecule has 2 amide bonds. The number of aryl methyl sites for hydroxylation is 1. The smallest absolute Gasteiger partial charge is 0.235 e. The molecule has 8 heteroatoms. The molecule has 0 saturated carbocycles. The normalized spacial score (nSPS) is 10.2. The van der Waals surface area contributed by atoms with Gasteiger partial charge in [-0.05, 0) is 19.1 Å². The standard InChI is InChI=1S/C14H15N3O4S/c1-9-6-12(17-21-9)16-14(20)8-22-7-13(19)15-10-4-2-3-5-11(10)18/h2-6,18H,7-8H2,1H3,(H,15,19)(H,16,17,20). The van der Waals surface area contributed by atoms with Crippen LogP contribution in [-0.2, 0) is 9.59 Å². The largest absolute Gasteiger partial charge is 0.506 e. The van der Waals surface area contributed by atoms with Crippen LogP contribution in [0.4, 0.5) is 11.5 Å². The van der Waals surface area contributed by atoms with E-state index in [1.807, 2.05) is 0 Å². The molecule has 0 spiro atoms. The van der Waals surface area contributed by atoms with Crippen molar-refractivity contribution in [3.8, 4) is 5.75 Å². The summed E-state index contributed by atoms with van der Waals surface area (Å²) in [7, 11) is 0. The number of phenolic OH excluding ortho intramolecular Hbond substituents is 1. The van der Waals surface area contributed by atoms with Crippen molar-refractivity contribution in [2.24, 2.45) is 0 Å². The lowest BCUT2D eigenvalue weighted by Crippen LogP contribution is -2.18. The van der Waals surface area contributed by atoms with Gasteiger partial charge in [-0.1, -0.05) is 17.3 Å². The number of nitrogens with one attached hydrogen (secondary N) is 2. The Bertz CT molecular complexity index is 672. The van der Waals surface area contributed by atoms with Gasteiger partial charge in [-0.3, -0.25) is 9.59 Å². The minimum absolute atomic E-state index is 0.00000460. The lowest BCUT2D eigenvalue weighted by molar-refractivity contribution is -0.114. The van der Waals surface area contributed by atoms with E-state index in [1.54, 1.807) is 31.2 Å². The number of anilines is 2. The van der Waals surface area contributed by atoms with Crippen LogP contribution < -0.4 is 10.6 Å². The van der Waals surface area contributed by atoms with Crippen molar-refractivity contribution in [2.75, 3.05) is 22.1 Å². The predicted molar refractivity (Wildman–Crippen MR) is 83.9 cm³/mol. The fraction of sp³-hybridized carbons (Fsp3) is 0.214. The molecule has 0 aliphatic rings. The van der Waals surface area contributed by atoms with Crippen molar-refractivity contribution in [1.29, 1.82) is 0 Å². The summed E-state index contributed by atoms with van der Waals surface area (Å²) in [6.45, 7) is 1.72. The van der Waals surface area contributed by atoms with E-state index in [0.717, 1.165) is 11.8 Å². The van der Waals surface area contributed by atoms with Crippen LogP contribution in [0.2, 0.25) is 0 Å².